The van der Waals surface area contributed by atoms with Crippen LogP contribution in [0.2, 0.25) is 0 Å². The first-order valence-corrected chi connectivity index (χ1v) is 10.0. The lowest BCUT2D eigenvalue weighted by Crippen LogP contribution is -2.14. The maximum Gasteiger partial charge on any atom is 0.255 e. The Labute approximate surface area is 173 Å². The molecule has 1 amide bonds. The smallest absolute Gasteiger partial charge is 0.255 e. The van der Waals surface area contributed by atoms with Gasteiger partial charge in [-0.1, -0.05) is 12.1 Å². The number of aromatic amines is 1. The van der Waals surface area contributed by atoms with Gasteiger partial charge in [0.2, 0.25) is 5.65 Å². The molecule has 1 unspecified atom stereocenters. The topological polar surface area (TPSA) is 92.8 Å². The van der Waals surface area contributed by atoms with Gasteiger partial charge in [-0.05, 0) is 74.2 Å². The molecule has 7 nitrogen and oxygen atoms in total. The van der Waals surface area contributed by atoms with E-state index in [2.05, 4.69) is 32.6 Å². The molecule has 2 aromatic carbocycles. The Hall–Kier alpha value is -3.74. The molecule has 1 saturated carbocycles. The monoisotopic (exact) mass is 399 g/mol. The predicted octanol–water partition coefficient (Wildman–Crippen LogP) is 4.45. The van der Waals surface area contributed by atoms with E-state index in [9.17, 15) is 4.79 Å². The molecule has 0 spiro atoms. The summed E-state index contributed by atoms with van der Waals surface area (Å²) in [5, 5.41) is 13.5. The third-order valence-corrected chi connectivity index (χ3v) is 5.32. The van der Waals surface area contributed by atoms with Crippen LogP contribution in [0.15, 0.2) is 60.7 Å². The fourth-order valence-electron chi connectivity index (χ4n) is 3.41. The number of aromatic nitrogens is 4. The van der Waals surface area contributed by atoms with Gasteiger partial charge < -0.3 is 10.1 Å². The molecule has 1 aliphatic carbocycles. The Balaban J connectivity index is 1.29. The normalized spacial score (nSPS) is 14.4. The molecule has 30 heavy (non-hydrogen) atoms. The standard InChI is InChI=1S/C23H21N5O2/c1-14(15-5-6-15)30-19-9-7-18(8-10-19)24-23(29)17-4-2-3-16(13-17)20-11-12-21-22(25-20)27-28-26-21/h2-4,7-15H,5-6H2,1H3,(H,24,29)(H,25,26,27,28). The molecule has 150 valence electrons. The Morgan fingerprint density at radius 1 is 1.10 bits per heavy atom. The summed E-state index contributed by atoms with van der Waals surface area (Å²) < 4.78 is 5.94. The van der Waals surface area contributed by atoms with Crippen LogP contribution in [0.1, 0.15) is 30.1 Å². The SMILES string of the molecule is CC(Oc1ccc(NC(=O)c2cccc(-c3ccc4n[nH]nc4n3)c2)cc1)C1CC1. The summed E-state index contributed by atoms with van der Waals surface area (Å²) in [5.74, 6) is 1.32. The summed E-state index contributed by atoms with van der Waals surface area (Å²) in [6.07, 6.45) is 2.73. The van der Waals surface area contributed by atoms with E-state index in [1.54, 1.807) is 6.07 Å². The zero-order valence-corrected chi connectivity index (χ0v) is 16.5. The van der Waals surface area contributed by atoms with Crippen LogP contribution in [0.25, 0.3) is 22.4 Å². The zero-order valence-electron chi connectivity index (χ0n) is 16.5. The molecule has 2 heterocycles. The second-order valence-electron chi connectivity index (χ2n) is 7.58. The van der Waals surface area contributed by atoms with Crippen molar-refractivity contribution in [1.82, 2.24) is 20.4 Å². The van der Waals surface area contributed by atoms with Gasteiger partial charge >= 0.3 is 0 Å². The molecule has 2 N–H and O–H groups in total. The minimum absolute atomic E-state index is 0.181. The van der Waals surface area contributed by atoms with E-state index in [0.717, 1.165) is 22.7 Å². The van der Waals surface area contributed by atoms with Gasteiger partial charge in [-0.15, -0.1) is 5.10 Å². The number of rotatable bonds is 6. The highest BCUT2D eigenvalue weighted by atomic mass is 16.5. The van der Waals surface area contributed by atoms with E-state index in [0.29, 0.717) is 22.6 Å². The van der Waals surface area contributed by atoms with Gasteiger partial charge in [0.05, 0.1) is 11.8 Å². The van der Waals surface area contributed by atoms with Crippen molar-refractivity contribution >= 4 is 22.8 Å². The molecular weight excluding hydrogens is 378 g/mol. The number of nitrogens with zero attached hydrogens (tertiary/aromatic N) is 3. The maximum absolute atomic E-state index is 12.7. The first-order valence-electron chi connectivity index (χ1n) is 10.0. The van der Waals surface area contributed by atoms with Crippen molar-refractivity contribution in [2.45, 2.75) is 25.9 Å². The van der Waals surface area contributed by atoms with E-state index in [-0.39, 0.29) is 12.0 Å². The Morgan fingerprint density at radius 2 is 1.93 bits per heavy atom. The lowest BCUT2D eigenvalue weighted by Gasteiger charge is -2.14. The number of nitrogens with one attached hydrogen (secondary N) is 2. The van der Waals surface area contributed by atoms with Gasteiger partial charge in [-0.2, -0.15) is 10.3 Å². The van der Waals surface area contributed by atoms with Crippen molar-refractivity contribution in [3.63, 3.8) is 0 Å². The molecule has 1 aliphatic rings. The van der Waals surface area contributed by atoms with E-state index < -0.39 is 0 Å². The predicted molar refractivity (Wildman–Crippen MR) is 114 cm³/mol. The fraction of sp³-hybridized carbons (Fsp3) is 0.217. The van der Waals surface area contributed by atoms with E-state index in [4.69, 9.17) is 4.74 Å². The van der Waals surface area contributed by atoms with Gasteiger partial charge in [0.15, 0.2) is 0 Å². The summed E-state index contributed by atoms with van der Waals surface area (Å²) >= 11 is 0. The minimum Gasteiger partial charge on any atom is -0.490 e. The molecular formula is C23H21N5O2. The molecule has 7 heteroatoms. The number of ether oxygens (including phenoxy) is 1. The van der Waals surface area contributed by atoms with Crippen molar-refractivity contribution in [2.75, 3.05) is 5.32 Å². The van der Waals surface area contributed by atoms with Crippen LogP contribution in [0.3, 0.4) is 0 Å². The van der Waals surface area contributed by atoms with Gasteiger partial charge in [-0.25, -0.2) is 4.98 Å². The van der Waals surface area contributed by atoms with Crippen molar-refractivity contribution in [2.24, 2.45) is 5.92 Å². The number of anilines is 1. The van der Waals surface area contributed by atoms with E-state index >= 15 is 0 Å². The third-order valence-electron chi connectivity index (χ3n) is 5.32. The third kappa shape index (κ3) is 3.87. The Kier molecular flexibility index (Phi) is 4.63. The number of pyridine rings is 1. The highest BCUT2D eigenvalue weighted by Crippen LogP contribution is 2.34. The number of hydrogen-bond donors (Lipinski definition) is 2. The first-order chi connectivity index (χ1) is 14.7. The van der Waals surface area contributed by atoms with Gasteiger partial charge in [-0.3, -0.25) is 4.79 Å². The second-order valence-corrected chi connectivity index (χ2v) is 7.58. The zero-order chi connectivity index (χ0) is 20.5. The van der Waals surface area contributed by atoms with Crippen LogP contribution in [-0.4, -0.2) is 32.4 Å². The number of benzene rings is 2. The minimum atomic E-state index is -0.181. The summed E-state index contributed by atoms with van der Waals surface area (Å²) in [7, 11) is 0. The molecule has 0 aliphatic heterocycles. The maximum atomic E-state index is 12.7. The molecule has 4 aromatic rings. The number of amides is 1. The molecule has 1 atom stereocenters. The van der Waals surface area contributed by atoms with Crippen molar-refractivity contribution in [1.29, 1.82) is 0 Å². The number of carbonyl (C=O) groups is 1. The van der Waals surface area contributed by atoms with Crippen LogP contribution in [-0.2, 0) is 0 Å². The summed E-state index contributed by atoms with van der Waals surface area (Å²) in [6.45, 7) is 2.11. The summed E-state index contributed by atoms with van der Waals surface area (Å²) in [4.78, 5) is 17.2. The lowest BCUT2D eigenvalue weighted by molar-refractivity contribution is 0.102. The van der Waals surface area contributed by atoms with E-state index in [1.165, 1.54) is 12.8 Å². The summed E-state index contributed by atoms with van der Waals surface area (Å²) in [5.41, 5.74) is 4.09. The van der Waals surface area contributed by atoms with Gasteiger partial charge in [0, 0.05) is 16.8 Å². The molecule has 2 aromatic heterocycles. The largest absolute Gasteiger partial charge is 0.490 e. The molecule has 0 saturated heterocycles. The molecule has 1 fully saturated rings. The Morgan fingerprint density at radius 3 is 2.73 bits per heavy atom. The number of H-pyrrole nitrogens is 1. The number of fused-ring (bicyclic) bond motifs is 1. The molecule has 0 radical (unpaired) electrons. The molecule has 0 bridgehead atoms. The van der Waals surface area contributed by atoms with Crippen LogP contribution in [0.5, 0.6) is 5.75 Å². The fourth-order valence-corrected chi connectivity index (χ4v) is 3.41. The molecule has 5 rings (SSSR count). The van der Waals surface area contributed by atoms with Crippen LogP contribution >= 0.6 is 0 Å². The first kappa shape index (κ1) is 18.3. The van der Waals surface area contributed by atoms with Crippen LogP contribution in [0.4, 0.5) is 5.69 Å². The highest BCUT2D eigenvalue weighted by molar-refractivity contribution is 6.05. The average Bonchev–Trinajstić information content (AvgIpc) is 3.52. The second kappa shape index (κ2) is 7.59. The Bertz CT molecular complexity index is 1200. The summed E-state index contributed by atoms with van der Waals surface area (Å²) in [6, 6.07) is 18.6. The van der Waals surface area contributed by atoms with E-state index in [1.807, 2.05) is 54.6 Å². The van der Waals surface area contributed by atoms with Crippen LogP contribution in [0, 0.1) is 5.92 Å². The van der Waals surface area contributed by atoms with Crippen molar-refractivity contribution < 1.29 is 9.53 Å². The number of hydrogen-bond acceptors (Lipinski definition) is 5. The van der Waals surface area contributed by atoms with Crippen molar-refractivity contribution in [3.8, 4) is 17.0 Å². The van der Waals surface area contributed by atoms with Gasteiger partial charge in [0.25, 0.3) is 5.91 Å². The average molecular weight is 399 g/mol. The quantitative estimate of drug-likeness (QED) is 0.500. The number of carbonyl (C=O) groups excluding carboxylic acids is 1. The van der Waals surface area contributed by atoms with Crippen LogP contribution < -0.4 is 10.1 Å². The van der Waals surface area contributed by atoms with Crippen molar-refractivity contribution in [3.05, 3.63) is 66.2 Å². The lowest BCUT2D eigenvalue weighted by atomic mass is 10.1. The highest BCUT2D eigenvalue weighted by Gasteiger charge is 2.29. The van der Waals surface area contributed by atoms with Gasteiger partial charge in [0.1, 0.15) is 11.3 Å².